The Morgan fingerprint density at radius 2 is 2.28 bits per heavy atom. The number of hydrogen-bond acceptors (Lipinski definition) is 4. The molecule has 100 valence electrons. The summed E-state index contributed by atoms with van der Waals surface area (Å²) in [6.45, 7) is 3.61. The van der Waals surface area contributed by atoms with Crippen LogP contribution in [0.1, 0.15) is 30.3 Å². The van der Waals surface area contributed by atoms with Gasteiger partial charge >= 0.3 is 0 Å². The van der Waals surface area contributed by atoms with Crippen LogP contribution >= 0.6 is 0 Å². The van der Waals surface area contributed by atoms with Crippen LogP contribution in [0.2, 0.25) is 0 Å². The molecule has 0 fully saturated rings. The highest BCUT2D eigenvalue weighted by molar-refractivity contribution is 5.92. The van der Waals surface area contributed by atoms with Gasteiger partial charge in [-0.05, 0) is 25.0 Å². The van der Waals surface area contributed by atoms with Gasteiger partial charge in [-0.1, -0.05) is 6.92 Å². The fourth-order valence-corrected chi connectivity index (χ4v) is 1.50. The van der Waals surface area contributed by atoms with E-state index in [0.717, 1.165) is 18.7 Å². The van der Waals surface area contributed by atoms with Crippen molar-refractivity contribution in [3.05, 3.63) is 24.0 Å². The molecule has 0 spiro atoms. The molecule has 1 amide bonds. The lowest BCUT2D eigenvalue weighted by Crippen LogP contribution is -2.28. The number of carbonyl (C=O) groups excluding carboxylic acids is 1. The standard InChI is InChI=1S/C13H21N3O2/c1-3-7-14-11-5-6-12(15-10-11)13(18)16(2)8-4-9-17/h5-6,10,14,17H,3-4,7-9H2,1-2H3. The molecule has 5 nitrogen and oxygen atoms in total. The summed E-state index contributed by atoms with van der Waals surface area (Å²) >= 11 is 0. The molecule has 1 aromatic heterocycles. The predicted octanol–water partition coefficient (Wildman–Crippen LogP) is 1.36. The minimum Gasteiger partial charge on any atom is -0.396 e. The van der Waals surface area contributed by atoms with E-state index in [0.29, 0.717) is 18.7 Å². The third-order valence-corrected chi connectivity index (χ3v) is 2.56. The Morgan fingerprint density at radius 3 is 2.83 bits per heavy atom. The molecule has 0 aliphatic heterocycles. The number of nitrogens with zero attached hydrogens (tertiary/aromatic N) is 2. The van der Waals surface area contributed by atoms with E-state index in [1.165, 1.54) is 0 Å². The van der Waals surface area contributed by atoms with Gasteiger partial charge in [-0.3, -0.25) is 4.79 Å². The zero-order valence-electron chi connectivity index (χ0n) is 11.0. The van der Waals surface area contributed by atoms with E-state index in [1.807, 2.05) is 6.07 Å². The maximum Gasteiger partial charge on any atom is 0.272 e. The molecule has 0 saturated carbocycles. The van der Waals surface area contributed by atoms with E-state index in [-0.39, 0.29) is 12.5 Å². The van der Waals surface area contributed by atoms with E-state index < -0.39 is 0 Å². The second-order valence-electron chi connectivity index (χ2n) is 4.16. The van der Waals surface area contributed by atoms with Gasteiger partial charge in [0.05, 0.1) is 11.9 Å². The van der Waals surface area contributed by atoms with Crippen LogP contribution in [0.3, 0.4) is 0 Å². The molecule has 2 N–H and O–H groups in total. The third-order valence-electron chi connectivity index (χ3n) is 2.56. The Hall–Kier alpha value is -1.62. The lowest BCUT2D eigenvalue weighted by atomic mass is 10.3. The van der Waals surface area contributed by atoms with Gasteiger partial charge < -0.3 is 15.3 Å². The molecule has 0 saturated heterocycles. The first-order chi connectivity index (χ1) is 8.69. The molecular weight excluding hydrogens is 230 g/mol. The normalized spacial score (nSPS) is 10.2. The zero-order valence-corrected chi connectivity index (χ0v) is 11.0. The van der Waals surface area contributed by atoms with Crippen LogP contribution in [0.4, 0.5) is 5.69 Å². The summed E-state index contributed by atoms with van der Waals surface area (Å²) in [5, 5.41) is 11.9. The molecule has 1 rings (SSSR count). The van der Waals surface area contributed by atoms with Crippen molar-refractivity contribution < 1.29 is 9.90 Å². The smallest absolute Gasteiger partial charge is 0.272 e. The first-order valence-electron chi connectivity index (χ1n) is 6.25. The molecular formula is C13H21N3O2. The number of pyridine rings is 1. The largest absolute Gasteiger partial charge is 0.396 e. The van der Waals surface area contributed by atoms with Crippen molar-refractivity contribution in [2.75, 3.05) is 32.1 Å². The lowest BCUT2D eigenvalue weighted by Gasteiger charge is -2.16. The second kappa shape index (κ2) is 7.66. The Kier molecular flexibility index (Phi) is 6.14. The quantitative estimate of drug-likeness (QED) is 0.768. The summed E-state index contributed by atoms with van der Waals surface area (Å²) in [6, 6.07) is 3.57. The van der Waals surface area contributed by atoms with Gasteiger partial charge in [0.1, 0.15) is 5.69 Å². The lowest BCUT2D eigenvalue weighted by molar-refractivity contribution is 0.0780. The maximum absolute atomic E-state index is 11.9. The van der Waals surface area contributed by atoms with Crippen LogP contribution in [0.5, 0.6) is 0 Å². The molecule has 0 unspecified atom stereocenters. The number of aliphatic hydroxyl groups is 1. The molecule has 0 aliphatic rings. The Morgan fingerprint density at radius 1 is 1.50 bits per heavy atom. The van der Waals surface area contributed by atoms with Crippen molar-refractivity contribution in [1.82, 2.24) is 9.88 Å². The summed E-state index contributed by atoms with van der Waals surface area (Å²) in [6.07, 6.45) is 3.30. The van der Waals surface area contributed by atoms with Crippen molar-refractivity contribution in [2.24, 2.45) is 0 Å². The Labute approximate surface area is 108 Å². The molecule has 0 bridgehead atoms. The Balaban J connectivity index is 2.58. The highest BCUT2D eigenvalue weighted by Gasteiger charge is 2.12. The van der Waals surface area contributed by atoms with Gasteiger partial charge in [0.2, 0.25) is 0 Å². The monoisotopic (exact) mass is 251 g/mol. The molecule has 18 heavy (non-hydrogen) atoms. The van der Waals surface area contributed by atoms with Crippen molar-refractivity contribution in [2.45, 2.75) is 19.8 Å². The zero-order chi connectivity index (χ0) is 13.4. The number of aliphatic hydroxyl groups excluding tert-OH is 1. The molecule has 0 aliphatic carbocycles. The maximum atomic E-state index is 11.9. The van der Waals surface area contributed by atoms with Crippen molar-refractivity contribution >= 4 is 11.6 Å². The molecule has 1 aromatic rings. The summed E-state index contributed by atoms with van der Waals surface area (Å²) in [4.78, 5) is 17.6. The minimum atomic E-state index is -0.120. The third kappa shape index (κ3) is 4.33. The molecule has 5 heteroatoms. The van der Waals surface area contributed by atoms with Crippen molar-refractivity contribution in [3.63, 3.8) is 0 Å². The summed E-state index contributed by atoms with van der Waals surface area (Å²) in [7, 11) is 1.71. The van der Waals surface area contributed by atoms with E-state index in [2.05, 4.69) is 17.2 Å². The van der Waals surface area contributed by atoms with Crippen LogP contribution in [-0.4, -0.2) is 47.6 Å². The van der Waals surface area contributed by atoms with Gasteiger partial charge in [-0.2, -0.15) is 0 Å². The van der Waals surface area contributed by atoms with E-state index in [1.54, 1.807) is 24.2 Å². The fraction of sp³-hybridized carbons (Fsp3) is 0.538. The second-order valence-corrected chi connectivity index (χ2v) is 4.16. The SMILES string of the molecule is CCCNc1ccc(C(=O)N(C)CCCO)nc1. The van der Waals surface area contributed by atoms with Gasteiger partial charge in [0.15, 0.2) is 0 Å². The fourth-order valence-electron chi connectivity index (χ4n) is 1.50. The number of hydrogen-bond donors (Lipinski definition) is 2. The highest BCUT2D eigenvalue weighted by Crippen LogP contribution is 2.08. The Bertz CT molecular complexity index is 365. The van der Waals surface area contributed by atoms with Crippen LogP contribution in [0.15, 0.2) is 18.3 Å². The minimum absolute atomic E-state index is 0.0882. The van der Waals surface area contributed by atoms with Crippen LogP contribution in [0.25, 0.3) is 0 Å². The average molecular weight is 251 g/mol. The number of rotatable bonds is 7. The van der Waals surface area contributed by atoms with Crippen LogP contribution in [-0.2, 0) is 0 Å². The van der Waals surface area contributed by atoms with Gasteiger partial charge in [0.25, 0.3) is 5.91 Å². The number of anilines is 1. The van der Waals surface area contributed by atoms with Crippen LogP contribution in [0, 0.1) is 0 Å². The first-order valence-corrected chi connectivity index (χ1v) is 6.25. The highest BCUT2D eigenvalue weighted by atomic mass is 16.3. The molecule has 0 atom stereocenters. The number of aromatic nitrogens is 1. The van der Waals surface area contributed by atoms with Gasteiger partial charge in [-0.15, -0.1) is 0 Å². The van der Waals surface area contributed by atoms with E-state index in [9.17, 15) is 4.79 Å². The topological polar surface area (TPSA) is 65.5 Å². The van der Waals surface area contributed by atoms with Crippen molar-refractivity contribution in [3.8, 4) is 0 Å². The van der Waals surface area contributed by atoms with Crippen molar-refractivity contribution in [1.29, 1.82) is 0 Å². The molecule has 0 aromatic carbocycles. The first kappa shape index (κ1) is 14.4. The number of amides is 1. The van der Waals surface area contributed by atoms with E-state index in [4.69, 9.17) is 5.11 Å². The van der Waals surface area contributed by atoms with Gasteiger partial charge in [-0.25, -0.2) is 4.98 Å². The van der Waals surface area contributed by atoms with Crippen LogP contribution < -0.4 is 5.32 Å². The van der Waals surface area contributed by atoms with E-state index >= 15 is 0 Å². The molecule has 1 heterocycles. The molecule has 0 radical (unpaired) electrons. The number of nitrogens with one attached hydrogen (secondary N) is 1. The van der Waals surface area contributed by atoms with Gasteiger partial charge in [0, 0.05) is 26.7 Å². The average Bonchev–Trinajstić information content (AvgIpc) is 2.42. The number of carbonyl (C=O) groups is 1. The summed E-state index contributed by atoms with van der Waals surface area (Å²) in [5.41, 5.74) is 1.35. The summed E-state index contributed by atoms with van der Waals surface area (Å²) in [5.74, 6) is -0.120. The predicted molar refractivity (Wildman–Crippen MR) is 71.7 cm³/mol. The summed E-state index contributed by atoms with van der Waals surface area (Å²) < 4.78 is 0.